The molecular weight excluding hydrogens is 416 g/mol. The molecular formula is C18H19ClN6O3S. The second-order valence-corrected chi connectivity index (χ2v) is 8.47. The fourth-order valence-corrected chi connectivity index (χ4v) is 4.85. The van der Waals surface area contributed by atoms with E-state index in [1.165, 1.54) is 9.58 Å². The Labute approximate surface area is 176 Å². The van der Waals surface area contributed by atoms with Gasteiger partial charge in [-0.1, -0.05) is 48.7 Å². The van der Waals surface area contributed by atoms with Gasteiger partial charge in [-0.2, -0.15) is 4.68 Å². The number of halogens is 1. The number of rotatable bonds is 4. The van der Waals surface area contributed by atoms with Crippen molar-refractivity contribution < 1.29 is 14.4 Å². The minimum atomic E-state index is -0.928. The summed E-state index contributed by atoms with van der Waals surface area (Å²) in [6, 6.07) is 7.05. The quantitative estimate of drug-likeness (QED) is 0.574. The van der Waals surface area contributed by atoms with Crippen LogP contribution >= 0.6 is 23.4 Å². The molecule has 1 saturated carbocycles. The summed E-state index contributed by atoms with van der Waals surface area (Å²) in [5.41, 5.74) is -0.253. The van der Waals surface area contributed by atoms with Crippen molar-refractivity contribution in [2.45, 2.75) is 42.8 Å². The molecule has 0 atom stereocenters. The van der Waals surface area contributed by atoms with Crippen molar-refractivity contribution >= 4 is 41.1 Å². The number of aromatic nitrogens is 4. The van der Waals surface area contributed by atoms with E-state index in [1.54, 1.807) is 24.3 Å². The minimum absolute atomic E-state index is 0.0171. The Kier molecular flexibility index (Phi) is 5.55. The third-order valence-electron chi connectivity index (χ3n) is 5.29. The van der Waals surface area contributed by atoms with E-state index < -0.39 is 11.4 Å². The van der Waals surface area contributed by atoms with E-state index in [9.17, 15) is 14.4 Å². The first-order valence-electron chi connectivity index (χ1n) is 9.31. The predicted molar refractivity (Wildman–Crippen MR) is 106 cm³/mol. The highest BCUT2D eigenvalue weighted by molar-refractivity contribution is 7.99. The average molecular weight is 435 g/mol. The Bertz CT molecular complexity index is 959. The predicted octanol–water partition coefficient (Wildman–Crippen LogP) is 1.60. The average Bonchev–Trinajstić information content (AvgIpc) is 3.18. The summed E-state index contributed by atoms with van der Waals surface area (Å²) in [6.07, 6.45) is 3.87. The van der Waals surface area contributed by atoms with Crippen LogP contribution in [0.25, 0.3) is 5.69 Å². The molecule has 1 aromatic carbocycles. The number of carbonyl (C=O) groups is 3. The smallest absolute Gasteiger partial charge is 0.252 e. The van der Waals surface area contributed by atoms with Crippen molar-refractivity contribution in [2.24, 2.45) is 0 Å². The minimum Gasteiger partial charge on any atom is -0.318 e. The van der Waals surface area contributed by atoms with Gasteiger partial charge in [0.1, 0.15) is 12.1 Å². The number of hydrogen-bond donors (Lipinski definition) is 1. The van der Waals surface area contributed by atoms with Crippen molar-refractivity contribution in [3.63, 3.8) is 0 Å². The van der Waals surface area contributed by atoms with Gasteiger partial charge in [-0.3, -0.25) is 19.7 Å². The van der Waals surface area contributed by atoms with Crippen molar-refractivity contribution in [3.05, 3.63) is 29.3 Å². The number of carbonyl (C=O) groups excluding carboxylic acids is 3. The second-order valence-electron chi connectivity index (χ2n) is 7.09. The van der Waals surface area contributed by atoms with Crippen LogP contribution < -0.4 is 5.32 Å². The number of thioether (sulfide) groups is 1. The van der Waals surface area contributed by atoms with Gasteiger partial charge in [-0.05, 0) is 41.5 Å². The number of tetrazole rings is 1. The third kappa shape index (κ3) is 3.86. The summed E-state index contributed by atoms with van der Waals surface area (Å²) in [4.78, 5) is 39.0. The normalized spacial score (nSPS) is 18.7. The van der Waals surface area contributed by atoms with Gasteiger partial charge in [0.25, 0.3) is 5.91 Å². The van der Waals surface area contributed by atoms with Gasteiger partial charge < -0.3 is 4.90 Å². The maximum Gasteiger partial charge on any atom is 0.252 e. The Morgan fingerprint density at radius 2 is 2.03 bits per heavy atom. The van der Waals surface area contributed by atoms with Gasteiger partial charge in [0, 0.05) is 5.02 Å². The van der Waals surface area contributed by atoms with Gasteiger partial charge >= 0.3 is 0 Å². The molecule has 1 aromatic heterocycles. The van der Waals surface area contributed by atoms with E-state index >= 15 is 0 Å². The lowest BCUT2D eigenvalue weighted by atomic mass is 9.78. The molecule has 9 nitrogen and oxygen atoms in total. The van der Waals surface area contributed by atoms with E-state index in [2.05, 4.69) is 20.8 Å². The van der Waals surface area contributed by atoms with Crippen molar-refractivity contribution in [1.29, 1.82) is 0 Å². The largest absolute Gasteiger partial charge is 0.318 e. The van der Waals surface area contributed by atoms with E-state index in [0.717, 1.165) is 31.0 Å². The molecule has 0 unspecified atom stereocenters. The van der Waals surface area contributed by atoms with Gasteiger partial charge in [0.05, 0.1) is 11.4 Å². The van der Waals surface area contributed by atoms with Crippen LogP contribution in [0.5, 0.6) is 0 Å². The fraction of sp³-hybridized carbons (Fsp3) is 0.444. The van der Waals surface area contributed by atoms with Gasteiger partial charge in [-0.15, -0.1) is 5.10 Å². The van der Waals surface area contributed by atoms with Crippen molar-refractivity contribution in [1.82, 2.24) is 30.4 Å². The van der Waals surface area contributed by atoms with Gasteiger partial charge in [0.2, 0.25) is 17.0 Å². The van der Waals surface area contributed by atoms with E-state index in [-0.39, 0.29) is 24.1 Å². The van der Waals surface area contributed by atoms with E-state index in [0.29, 0.717) is 28.7 Å². The number of nitrogens with zero attached hydrogens (tertiary/aromatic N) is 5. The summed E-state index contributed by atoms with van der Waals surface area (Å²) in [6.45, 7) is -0.107. The highest BCUT2D eigenvalue weighted by Crippen LogP contribution is 2.36. The lowest BCUT2D eigenvalue weighted by molar-refractivity contribution is -0.158. The molecule has 4 rings (SSSR count). The zero-order valence-electron chi connectivity index (χ0n) is 15.5. The number of benzene rings is 1. The molecule has 152 valence electrons. The molecule has 1 aliphatic heterocycles. The molecule has 1 aliphatic carbocycles. The van der Waals surface area contributed by atoms with E-state index in [1.807, 2.05) is 0 Å². The first-order valence-corrected chi connectivity index (χ1v) is 10.7. The molecule has 0 bridgehead atoms. The third-order valence-corrected chi connectivity index (χ3v) is 6.43. The Balaban J connectivity index is 1.52. The SMILES string of the molecule is O=C1CN(C(=O)CSc2nnnn2-c2cccc(Cl)c2)C2(CCCCC2)C(=O)N1. The van der Waals surface area contributed by atoms with Crippen LogP contribution in [-0.2, 0) is 14.4 Å². The van der Waals surface area contributed by atoms with Crippen LogP contribution in [0, 0.1) is 0 Å². The zero-order valence-corrected chi connectivity index (χ0v) is 17.1. The highest BCUT2D eigenvalue weighted by Gasteiger charge is 2.50. The molecule has 0 radical (unpaired) electrons. The number of piperazine rings is 1. The number of nitrogens with one attached hydrogen (secondary N) is 1. The van der Waals surface area contributed by atoms with Crippen LogP contribution in [0.2, 0.25) is 5.02 Å². The standard InChI is InChI=1S/C18H19ClN6O3S/c19-12-5-4-6-13(9-12)25-17(21-22-23-25)29-11-15(27)24-10-14(26)20-16(28)18(24)7-2-1-3-8-18/h4-6,9H,1-3,7-8,10-11H2,(H,20,26,28). The molecule has 2 aromatic rings. The molecule has 2 heterocycles. The number of amides is 3. The maximum absolute atomic E-state index is 13.0. The molecule has 1 saturated heterocycles. The lowest BCUT2D eigenvalue weighted by Gasteiger charge is -2.47. The van der Waals surface area contributed by atoms with Crippen LogP contribution in [-0.4, -0.2) is 60.7 Å². The number of hydrogen-bond acceptors (Lipinski definition) is 7. The molecule has 29 heavy (non-hydrogen) atoms. The van der Waals surface area contributed by atoms with Crippen LogP contribution in [0.3, 0.4) is 0 Å². The lowest BCUT2D eigenvalue weighted by Crippen LogP contribution is -2.69. The maximum atomic E-state index is 13.0. The summed E-state index contributed by atoms with van der Waals surface area (Å²) in [5, 5.41) is 15.0. The zero-order chi connectivity index (χ0) is 20.4. The van der Waals surface area contributed by atoms with Crippen LogP contribution in [0.4, 0.5) is 0 Å². The Morgan fingerprint density at radius 3 is 2.79 bits per heavy atom. The highest BCUT2D eigenvalue weighted by atomic mass is 35.5. The summed E-state index contributed by atoms with van der Waals surface area (Å²) in [7, 11) is 0. The fourth-order valence-electron chi connectivity index (χ4n) is 3.90. The summed E-state index contributed by atoms with van der Waals surface area (Å²) >= 11 is 7.19. The second kappa shape index (κ2) is 8.11. The molecule has 2 fully saturated rings. The van der Waals surface area contributed by atoms with Crippen molar-refractivity contribution in [3.8, 4) is 5.69 Å². The van der Waals surface area contributed by atoms with Crippen LogP contribution in [0.15, 0.2) is 29.4 Å². The summed E-state index contributed by atoms with van der Waals surface area (Å²) in [5.74, 6) is -1.08. The van der Waals surface area contributed by atoms with Crippen LogP contribution in [0.1, 0.15) is 32.1 Å². The topological polar surface area (TPSA) is 110 Å². The van der Waals surface area contributed by atoms with Gasteiger partial charge in [-0.25, -0.2) is 0 Å². The Morgan fingerprint density at radius 1 is 1.24 bits per heavy atom. The monoisotopic (exact) mass is 434 g/mol. The van der Waals surface area contributed by atoms with E-state index in [4.69, 9.17) is 11.6 Å². The number of imide groups is 1. The first-order chi connectivity index (χ1) is 14.0. The first kappa shape index (κ1) is 19.8. The molecule has 1 spiro atoms. The molecule has 2 aliphatic rings. The van der Waals surface area contributed by atoms with Crippen molar-refractivity contribution in [2.75, 3.05) is 12.3 Å². The molecule has 11 heteroatoms. The Hall–Kier alpha value is -2.46. The van der Waals surface area contributed by atoms with Gasteiger partial charge in [0.15, 0.2) is 0 Å². The molecule has 1 N–H and O–H groups in total. The summed E-state index contributed by atoms with van der Waals surface area (Å²) < 4.78 is 1.49. The molecule has 3 amide bonds.